The maximum absolute atomic E-state index is 11.4. The van der Waals surface area contributed by atoms with Gasteiger partial charge in [-0.25, -0.2) is 0 Å². The Hall–Kier alpha value is -0.610. The van der Waals surface area contributed by atoms with Gasteiger partial charge in [-0.3, -0.25) is 4.79 Å². The molecule has 0 saturated heterocycles. The number of ether oxygens (including phenoxy) is 1. The van der Waals surface area contributed by atoms with Gasteiger partial charge in [-0.1, -0.05) is 12.8 Å². The van der Waals surface area contributed by atoms with Crippen LogP contribution in [-0.4, -0.2) is 31.2 Å². The third-order valence-corrected chi connectivity index (χ3v) is 3.25. The van der Waals surface area contributed by atoms with Gasteiger partial charge in [-0.15, -0.1) is 0 Å². The molecule has 0 radical (unpaired) electrons. The highest BCUT2D eigenvalue weighted by molar-refractivity contribution is 5.76. The maximum atomic E-state index is 11.4. The first-order valence-electron chi connectivity index (χ1n) is 6.74. The zero-order valence-electron chi connectivity index (χ0n) is 11.1. The molecule has 0 aromatic heterocycles. The minimum absolute atomic E-state index is 0.0695. The van der Waals surface area contributed by atoms with Gasteiger partial charge in [0.15, 0.2) is 0 Å². The topological polar surface area (TPSA) is 64.3 Å². The molecule has 2 unspecified atom stereocenters. The van der Waals surface area contributed by atoms with E-state index in [-0.39, 0.29) is 18.1 Å². The van der Waals surface area contributed by atoms with E-state index < -0.39 is 0 Å². The highest BCUT2D eigenvalue weighted by atomic mass is 16.5. The zero-order valence-corrected chi connectivity index (χ0v) is 11.1. The van der Waals surface area contributed by atoms with E-state index in [2.05, 4.69) is 5.32 Å². The monoisotopic (exact) mass is 242 g/mol. The summed E-state index contributed by atoms with van der Waals surface area (Å²) < 4.78 is 5.80. The molecular weight excluding hydrogens is 216 g/mol. The fraction of sp³-hybridized carbons (Fsp3) is 0.923. The number of nitrogens with two attached hydrogens (primary N) is 1. The highest BCUT2D eigenvalue weighted by Crippen LogP contribution is 2.26. The van der Waals surface area contributed by atoms with Crippen molar-refractivity contribution < 1.29 is 9.53 Å². The molecule has 0 spiro atoms. The summed E-state index contributed by atoms with van der Waals surface area (Å²) in [7, 11) is 0. The number of carbonyl (C=O) groups excluding carboxylic acids is 1. The molecule has 3 N–H and O–H groups in total. The second-order valence-electron chi connectivity index (χ2n) is 5.16. The molecule has 0 heterocycles. The van der Waals surface area contributed by atoms with E-state index in [4.69, 9.17) is 10.5 Å². The normalized spacial score (nSPS) is 24.9. The molecule has 2 atom stereocenters. The molecule has 4 heteroatoms. The van der Waals surface area contributed by atoms with Crippen molar-refractivity contribution in [2.75, 3.05) is 13.2 Å². The number of amides is 1. The van der Waals surface area contributed by atoms with Crippen LogP contribution in [0.2, 0.25) is 0 Å². The minimum atomic E-state index is 0.0695. The van der Waals surface area contributed by atoms with Crippen LogP contribution in [0.4, 0.5) is 0 Å². The quantitative estimate of drug-likeness (QED) is 0.740. The van der Waals surface area contributed by atoms with Crippen LogP contribution in [0, 0.1) is 5.92 Å². The number of hydrogen-bond acceptors (Lipinski definition) is 3. The van der Waals surface area contributed by atoms with Crippen LogP contribution in [0.1, 0.15) is 46.0 Å². The molecule has 4 nitrogen and oxygen atoms in total. The molecule has 1 saturated carbocycles. The summed E-state index contributed by atoms with van der Waals surface area (Å²) in [5.74, 6) is 0.553. The van der Waals surface area contributed by atoms with Gasteiger partial charge in [-0.05, 0) is 39.2 Å². The third kappa shape index (κ3) is 5.50. The van der Waals surface area contributed by atoms with Crippen LogP contribution in [-0.2, 0) is 9.53 Å². The molecule has 1 aliphatic rings. The van der Waals surface area contributed by atoms with E-state index >= 15 is 0 Å². The summed E-state index contributed by atoms with van der Waals surface area (Å²) in [5, 5.41) is 2.86. The average Bonchev–Trinajstić information content (AvgIpc) is 2.28. The Kier molecular flexibility index (Phi) is 6.52. The number of carbonyl (C=O) groups is 1. The summed E-state index contributed by atoms with van der Waals surface area (Å²) in [6.45, 7) is 5.14. The van der Waals surface area contributed by atoms with Crippen molar-refractivity contribution in [2.45, 2.75) is 58.1 Å². The van der Waals surface area contributed by atoms with Crippen LogP contribution in [0.15, 0.2) is 0 Å². The molecule has 17 heavy (non-hydrogen) atoms. The minimum Gasteiger partial charge on any atom is -0.377 e. The zero-order chi connectivity index (χ0) is 12.7. The Morgan fingerprint density at radius 1 is 1.41 bits per heavy atom. The molecule has 1 rings (SSSR count). The Labute approximate surface area is 104 Å². The van der Waals surface area contributed by atoms with Gasteiger partial charge in [0.2, 0.25) is 5.91 Å². The van der Waals surface area contributed by atoms with E-state index in [9.17, 15) is 4.79 Å². The predicted molar refractivity (Wildman–Crippen MR) is 68.6 cm³/mol. The maximum Gasteiger partial charge on any atom is 0.222 e. The first kappa shape index (κ1) is 14.5. The highest BCUT2D eigenvalue weighted by Gasteiger charge is 2.24. The Bertz CT molecular complexity index is 231. The van der Waals surface area contributed by atoms with Crippen molar-refractivity contribution >= 4 is 5.91 Å². The van der Waals surface area contributed by atoms with Gasteiger partial charge in [0, 0.05) is 12.5 Å². The van der Waals surface area contributed by atoms with Crippen LogP contribution in [0.25, 0.3) is 0 Å². The van der Waals surface area contributed by atoms with Crippen LogP contribution in [0.5, 0.6) is 0 Å². The Balaban J connectivity index is 2.18. The molecule has 0 aromatic rings. The molecule has 1 fully saturated rings. The van der Waals surface area contributed by atoms with Crippen molar-refractivity contribution in [1.29, 1.82) is 0 Å². The molecule has 0 bridgehead atoms. The molecule has 100 valence electrons. The van der Waals surface area contributed by atoms with Crippen molar-refractivity contribution in [3.63, 3.8) is 0 Å². The molecule has 0 aliphatic heterocycles. The predicted octanol–water partition coefficient (Wildman–Crippen LogP) is 1.44. The molecular formula is C13H26N2O2. The second kappa shape index (κ2) is 7.67. The van der Waals surface area contributed by atoms with Crippen LogP contribution < -0.4 is 11.1 Å². The smallest absolute Gasteiger partial charge is 0.222 e. The summed E-state index contributed by atoms with van der Waals surface area (Å²) in [4.78, 5) is 11.4. The Morgan fingerprint density at radius 3 is 2.76 bits per heavy atom. The summed E-state index contributed by atoms with van der Waals surface area (Å²) in [6, 6.07) is 0.203. The van der Waals surface area contributed by atoms with Crippen molar-refractivity contribution in [2.24, 2.45) is 11.7 Å². The summed E-state index contributed by atoms with van der Waals surface area (Å²) in [5.41, 5.74) is 5.73. The Morgan fingerprint density at radius 2 is 2.12 bits per heavy atom. The lowest BCUT2D eigenvalue weighted by Crippen LogP contribution is -2.35. The van der Waals surface area contributed by atoms with Gasteiger partial charge >= 0.3 is 0 Å². The molecule has 1 amide bonds. The van der Waals surface area contributed by atoms with Crippen LogP contribution >= 0.6 is 0 Å². The standard InChI is InChI=1S/C13H26N2O2/c1-10(2)15-13(16)7-8-17-12-6-4-3-5-11(12)9-14/h10-12H,3-9,14H2,1-2H3,(H,15,16). The van der Waals surface area contributed by atoms with Crippen molar-refractivity contribution in [3.8, 4) is 0 Å². The van der Waals surface area contributed by atoms with E-state index in [1.807, 2.05) is 13.8 Å². The van der Waals surface area contributed by atoms with E-state index in [0.717, 1.165) is 6.42 Å². The van der Waals surface area contributed by atoms with Crippen LogP contribution in [0.3, 0.4) is 0 Å². The largest absolute Gasteiger partial charge is 0.377 e. The van der Waals surface area contributed by atoms with Gasteiger partial charge in [0.05, 0.1) is 12.7 Å². The fourth-order valence-electron chi connectivity index (χ4n) is 2.36. The second-order valence-corrected chi connectivity index (χ2v) is 5.16. The number of hydrogen-bond donors (Lipinski definition) is 2. The lowest BCUT2D eigenvalue weighted by Gasteiger charge is -2.30. The van der Waals surface area contributed by atoms with E-state index in [1.54, 1.807) is 0 Å². The first-order valence-corrected chi connectivity index (χ1v) is 6.74. The average molecular weight is 242 g/mol. The van der Waals surface area contributed by atoms with Crippen molar-refractivity contribution in [3.05, 3.63) is 0 Å². The SMILES string of the molecule is CC(C)NC(=O)CCOC1CCCCC1CN. The van der Waals surface area contributed by atoms with E-state index in [0.29, 0.717) is 25.5 Å². The fourth-order valence-corrected chi connectivity index (χ4v) is 2.36. The van der Waals surface area contributed by atoms with Gasteiger partial charge in [0.1, 0.15) is 0 Å². The molecule has 1 aliphatic carbocycles. The van der Waals surface area contributed by atoms with Gasteiger partial charge in [-0.2, -0.15) is 0 Å². The summed E-state index contributed by atoms with van der Waals surface area (Å²) in [6.07, 6.45) is 5.45. The number of nitrogens with one attached hydrogen (secondary N) is 1. The summed E-state index contributed by atoms with van der Waals surface area (Å²) >= 11 is 0. The third-order valence-electron chi connectivity index (χ3n) is 3.25. The lowest BCUT2D eigenvalue weighted by molar-refractivity contribution is -0.123. The van der Waals surface area contributed by atoms with E-state index in [1.165, 1.54) is 19.3 Å². The van der Waals surface area contributed by atoms with Gasteiger partial charge in [0.25, 0.3) is 0 Å². The first-order chi connectivity index (χ1) is 8.13. The number of rotatable bonds is 6. The van der Waals surface area contributed by atoms with Gasteiger partial charge < -0.3 is 15.8 Å². The molecule has 0 aromatic carbocycles. The van der Waals surface area contributed by atoms with Crippen molar-refractivity contribution in [1.82, 2.24) is 5.32 Å². The lowest BCUT2D eigenvalue weighted by atomic mass is 9.86.